The highest BCUT2D eigenvalue weighted by molar-refractivity contribution is 5.39. The lowest BCUT2D eigenvalue weighted by molar-refractivity contribution is 0.119. The number of hydrogen-bond acceptors (Lipinski definition) is 4. The van der Waals surface area contributed by atoms with Gasteiger partial charge in [-0.2, -0.15) is 0 Å². The van der Waals surface area contributed by atoms with Crippen LogP contribution in [0.4, 0.5) is 0 Å². The lowest BCUT2D eigenvalue weighted by Gasteiger charge is -2.12. The first kappa shape index (κ1) is 21.7. The Hall–Kier alpha value is -2.62. The zero-order valence-electron chi connectivity index (χ0n) is 17.1. The van der Waals surface area contributed by atoms with E-state index >= 15 is 0 Å². The molecule has 0 spiro atoms. The van der Waals surface area contributed by atoms with Crippen LogP contribution in [0.5, 0.6) is 17.2 Å². The first-order chi connectivity index (χ1) is 13.7. The fraction of sp³-hybridized carbons (Fsp3) is 0.417. The van der Waals surface area contributed by atoms with E-state index in [2.05, 4.69) is 25.6 Å². The van der Waals surface area contributed by atoms with Gasteiger partial charge in [0.15, 0.2) is 0 Å². The number of benzene rings is 2. The highest BCUT2D eigenvalue weighted by atomic mass is 16.7. The molecule has 4 nitrogen and oxygen atoms in total. The van der Waals surface area contributed by atoms with Crippen LogP contribution in [-0.2, 0) is 11.2 Å². The second-order valence-electron chi connectivity index (χ2n) is 6.63. The molecule has 0 fully saturated rings. The second kappa shape index (κ2) is 12.7. The maximum Gasteiger partial charge on any atom is 0.230 e. The van der Waals surface area contributed by atoms with Gasteiger partial charge in [0.1, 0.15) is 17.2 Å². The molecule has 0 radical (unpaired) electrons. The minimum Gasteiger partial charge on any atom is -0.502 e. The Kier molecular flexibility index (Phi) is 9.84. The Morgan fingerprint density at radius 2 is 1.50 bits per heavy atom. The van der Waals surface area contributed by atoms with E-state index in [0.717, 1.165) is 68.1 Å². The lowest BCUT2D eigenvalue weighted by Crippen LogP contribution is -2.06. The highest BCUT2D eigenvalue weighted by Gasteiger charge is 2.03. The maximum atomic E-state index is 5.88. The predicted octanol–water partition coefficient (Wildman–Crippen LogP) is 6.07. The largest absolute Gasteiger partial charge is 0.502 e. The maximum absolute atomic E-state index is 5.88. The molecule has 0 aromatic heterocycles. The first-order valence-electron chi connectivity index (χ1n) is 10.0. The summed E-state index contributed by atoms with van der Waals surface area (Å²) in [5.74, 6) is 2.49. The van der Waals surface area contributed by atoms with Gasteiger partial charge in [-0.3, -0.25) is 0 Å². The van der Waals surface area contributed by atoms with Crippen molar-refractivity contribution in [2.24, 2.45) is 0 Å². The van der Waals surface area contributed by atoms with Crippen molar-refractivity contribution >= 4 is 0 Å². The minimum atomic E-state index is 0.181. The molecule has 0 atom stereocenters. The molecule has 28 heavy (non-hydrogen) atoms. The summed E-state index contributed by atoms with van der Waals surface area (Å²) in [6.45, 7) is 9.35. The van der Waals surface area contributed by atoms with Crippen LogP contribution in [-0.4, -0.2) is 20.0 Å². The molecule has 0 saturated heterocycles. The lowest BCUT2D eigenvalue weighted by atomic mass is 10.2. The molecule has 2 aromatic rings. The van der Waals surface area contributed by atoms with E-state index in [1.165, 1.54) is 11.8 Å². The molecular weight excluding hydrogens is 352 g/mol. The number of aryl methyl sites for hydroxylation is 2. The molecule has 0 heterocycles. The van der Waals surface area contributed by atoms with E-state index in [9.17, 15) is 0 Å². The van der Waals surface area contributed by atoms with E-state index in [1.807, 2.05) is 37.3 Å². The average molecular weight is 385 g/mol. The summed E-state index contributed by atoms with van der Waals surface area (Å²) in [5, 5.41) is 0. The van der Waals surface area contributed by atoms with Crippen molar-refractivity contribution in [3.05, 3.63) is 66.4 Å². The molecule has 0 saturated carbocycles. The number of rotatable bonds is 14. The van der Waals surface area contributed by atoms with Gasteiger partial charge < -0.3 is 18.9 Å². The van der Waals surface area contributed by atoms with Gasteiger partial charge in [0, 0.05) is 0 Å². The van der Waals surface area contributed by atoms with Crippen molar-refractivity contribution in [1.29, 1.82) is 0 Å². The Morgan fingerprint density at radius 3 is 2.18 bits per heavy atom. The van der Waals surface area contributed by atoms with Gasteiger partial charge in [0.05, 0.1) is 19.5 Å². The van der Waals surface area contributed by atoms with Crippen LogP contribution in [0.25, 0.3) is 0 Å². The van der Waals surface area contributed by atoms with Crippen LogP contribution in [0.1, 0.15) is 43.7 Å². The molecule has 0 aliphatic heterocycles. The van der Waals surface area contributed by atoms with Crippen LogP contribution in [0.15, 0.2) is 55.3 Å². The average Bonchev–Trinajstić information content (AvgIpc) is 2.72. The SMILES string of the molecule is C=COCCCCCCOc1ccc(OCOc2ccc(CC)cc2)cc1C. The molecule has 152 valence electrons. The minimum absolute atomic E-state index is 0.181. The molecule has 0 N–H and O–H groups in total. The van der Waals surface area contributed by atoms with Gasteiger partial charge in [-0.1, -0.05) is 25.6 Å². The Bertz CT molecular complexity index is 694. The van der Waals surface area contributed by atoms with Crippen molar-refractivity contribution in [3.63, 3.8) is 0 Å². The van der Waals surface area contributed by atoms with E-state index in [4.69, 9.17) is 18.9 Å². The van der Waals surface area contributed by atoms with Gasteiger partial charge >= 0.3 is 0 Å². The quantitative estimate of drug-likeness (QED) is 0.225. The van der Waals surface area contributed by atoms with Crippen molar-refractivity contribution in [2.75, 3.05) is 20.0 Å². The summed E-state index contributed by atoms with van der Waals surface area (Å²) in [6.07, 6.45) is 6.89. The van der Waals surface area contributed by atoms with Crippen LogP contribution < -0.4 is 14.2 Å². The number of ether oxygens (including phenoxy) is 4. The summed E-state index contributed by atoms with van der Waals surface area (Å²) in [4.78, 5) is 0. The third-order valence-electron chi connectivity index (χ3n) is 4.46. The molecular formula is C24H32O4. The van der Waals surface area contributed by atoms with Crippen molar-refractivity contribution in [1.82, 2.24) is 0 Å². The van der Waals surface area contributed by atoms with Crippen LogP contribution in [0.3, 0.4) is 0 Å². The fourth-order valence-electron chi connectivity index (χ4n) is 2.77. The molecule has 0 aliphatic rings. The van der Waals surface area contributed by atoms with Crippen molar-refractivity contribution in [2.45, 2.75) is 46.0 Å². The normalized spacial score (nSPS) is 10.4. The molecule has 2 aromatic carbocycles. The third kappa shape index (κ3) is 7.95. The van der Waals surface area contributed by atoms with E-state index < -0.39 is 0 Å². The summed E-state index contributed by atoms with van der Waals surface area (Å²) < 4.78 is 22.3. The van der Waals surface area contributed by atoms with Gasteiger partial charge in [-0.25, -0.2) is 0 Å². The molecule has 0 unspecified atom stereocenters. The van der Waals surface area contributed by atoms with Gasteiger partial charge in [-0.05, 0) is 80.5 Å². The van der Waals surface area contributed by atoms with E-state index in [-0.39, 0.29) is 6.79 Å². The van der Waals surface area contributed by atoms with Gasteiger partial charge in [0.25, 0.3) is 0 Å². The first-order valence-corrected chi connectivity index (χ1v) is 10.0. The molecule has 0 aliphatic carbocycles. The molecule has 0 amide bonds. The highest BCUT2D eigenvalue weighted by Crippen LogP contribution is 2.24. The summed E-state index contributed by atoms with van der Waals surface area (Å²) in [6, 6.07) is 13.9. The molecule has 0 bridgehead atoms. The summed E-state index contributed by atoms with van der Waals surface area (Å²) in [7, 11) is 0. The van der Waals surface area contributed by atoms with Crippen LogP contribution in [0.2, 0.25) is 0 Å². The molecule has 2 rings (SSSR count). The monoisotopic (exact) mass is 384 g/mol. The Labute approximate surface area is 169 Å². The zero-order chi connectivity index (χ0) is 20.0. The van der Waals surface area contributed by atoms with Crippen molar-refractivity contribution < 1.29 is 18.9 Å². The van der Waals surface area contributed by atoms with Gasteiger partial charge in [-0.15, -0.1) is 0 Å². The molecule has 4 heteroatoms. The standard InChI is InChI=1S/C24H32O4/c1-4-21-10-12-22(13-11-21)27-19-28-23-14-15-24(20(3)18-23)26-17-9-7-6-8-16-25-5-2/h5,10-15,18H,2,4,6-9,16-17,19H2,1,3H3. The van der Waals surface area contributed by atoms with E-state index in [1.54, 1.807) is 0 Å². The number of hydrogen-bond donors (Lipinski definition) is 0. The number of unbranched alkanes of at least 4 members (excludes halogenated alkanes) is 3. The van der Waals surface area contributed by atoms with E-state index in [0.29, 0.717) is 0 Å². The zero-order valence-corrected chi connectivity index (χ0v) is 17.1. The smallest absolute Gasteiger partial charge is 0.230 e. The Morgan fingerprint density at radius 1 is 0.821 bits per heavy atom. The summed E-state index contributed by atoms with van der Waals surface area (Å²) >= 11 is 0. The van der Waals surface area contributed by atoms with Crippen LogP contribution >= 0.6 is 0 Å². The van der Waals surface area contributed by atoms with Crippen molar-refractivity contribution in [3.8, 4) is 17.2 Å². The summed E-state index contributed by atoms with van der Waals surface area (Å²) in [5.41, 5.74) is 2.35. The van der Waals surface area contributed by atoms with Crippen LogP contribution in [0, 0.1) is 6.92 Å². The topological polar surface area (TPSA) is 36.9 Å². The third-order valence-corrected chi connectivity index (χ3v) is 4.46. The second-order valence-corrected chi connectivity index (χ2v) is 6.63. The Balaban J connectivity index is 1.66. The van der Waals surface area contributed by atoms with Gasteiger partial charge in [0.2, 0.25) is 6.79 Å². The predicted molar refractivity (Wildman–Crippen MR) is 113 cm³/mol. The fourth-order valence-corrected chi connectivity index (χ4v) is 2.77.